The smallest absolute Gasteiger partial charge is 0.253 e. The van der Waals surface area contributed by atoms with Crippen LogP contribution in [0.4, 0.5) is 0 Å². The average molecular weight is 386 g/mol. The van der Waals surface area contributed by atoms with Crippen molar-refractivity contribution in [1.82, 2.24) is 10.3 Å². The van der Waals surface area contributed by atoms with Gasteiger partial charge in [-0.15, -0.1) is 0 Å². The van der Waals surface area contributed by atoms with Gasteiger partial charge in [-0.05, 0) is 62.0 Å². The number of carbonyl (C=O) groups is 1. The number of nitrogens with zero attached hydrogens (tertiary/aromatic N) is 1. The molecule has 4 rings (SSSR count). The van der Waals surface area contributed by atoms with Crippen LogP contribution in [-0.2, 0) is 0 Å². The fourth-order valence-electron chi connectivity index (χ4n) is 4.56. The Morgan fingerprint density at radius 2 is 1.93 bits per heavy atom. The van der Waals surface area contributed by atoms with Gasteiger partial charge in [0.15, 0.2) is 0 Å². The highest BCUT2D eigenvalue weighted by atomic mass is 16.1. The average Bonchev–Trinajstić information content (AvgIpc) is 3.28. The number of allylic oxidation sites excluding steroid dienone is 4. The fraction of sp³-hybridized carbons (Fsp3) is 0.360. The summed E-state index contributed by atoms with van der Waals surface area (Å²) in [7, 11) is 0. The second-order valence-electron chi connectivity index (χ2n) is 8.05. The van der Waals surface area contributed by atoms with Gasteiger partial charge in [0.1, 0.15) is 0 Å². The van der Waals surface area contributed by atoms with Crippen LogP contribution in [0.25, 0.3) is 11.1 Å². The van der Waals surface area contributed by atoms with Gasteiger partial charge in [0.2, 0.25) is 0 Å². The van der Waals surface area contributed by atoms with Gasteiger partial charge < -0.3 is 10.3 Å². The summed E-state index contributed by atoms with van der Waals surface area (Å²) in [4.78, 5) is 15.8. The van der Waals surface area contributed by atoms with Crippen LogP contribution in [0.2, 0.25) is 0 Å². The first-order valence-electron chi connectivity index (χ1n) is 10.6. The molecule has 0 bridgehead atoms. The van der Waals surface area contributed by atoms with E-state index < -0.39 is 0 Å². The number of benzene rings is 1. The summed E-state index contributed by atoms with van der Waals surface area (Å²) in [5.41, 5.74) is 4.26. The quantitative estimate of drug-likeness (QED) is 0.727. The number of aromatic nitrogens is 1. The highest BCUT2D eigenvalue weighted by molar-refractivity contribution is 6.01. The molecule has 0 aliphatic heterocycles. The maximum Gasteiger partial charge on any atom is 0.253 e. The van der Waals surface area contributed by atoms with Crippen molar-refractivity contribution in [2.45, 2.75) is 38.5 Å². The van der Waals surface area contributed by atoms with Crippen molar-refractivity contribution in [2.24, 2.45) is 11.8 Å². The minimum Gasteiger partial charge on any atom is -0.366 e. The van der Waals surface area contributed by atoms with Gasteiger partial charge in [0.05, 0.1) is 17.2 Å². The fourth-order valence-corrected chi connectivity index (χ4v) is 4.56. The van der Waals surface area contributed by atoms with Crippen LogP contribution in [-0.4, -0.2) is 17.4 Å². The van der Waals surface area contributed by atoms with E-state index in [1.165, 1.54) is 31.3 Å². The predicted molar refractivity (Wildman–Crippen MR) is 115 cm³/mol. The zero-order chi connectivity index (χ0) is 20.1. The van der Waals surface area contributed by atoms with E-state index in [9.17, 15) is 10.1 Å². The Balaban J connectivity index is 1.35. The van der Waals surface area contributed by atoms with Gasteiger partial charge in [-0.2, -0.15) is 5.26 Å². The summed E-state index contributed by atoms with van der Waals surface area (Å²) < 4.78 is 0. The summed E-state index contributed by atoms with van der Waals surface area (Å²) in [5.74, 6) is 1.16. The SMILES string of the molecule is N#Cc1ccccc1-c1c[nH]cc1C(=O)NCC1CCC(C2=CCCC=C2)CC1. The monoisotopic (exact) mass is 385 g/mol. The van der Waals surface area contributed by atoms with Gasteiger partial charge in [-0.25, -0.2) is 0 Å². The number of H-pyrrole nitrogens is 1. The second-order valence-corrected chi connectivity index (χ2v) is 8.05. The Bertz CT molecular complexity index is 968. The number of nitrogens with one attached hydrogen (secondary N) is 2. The third kappa shape index (κ3) is 4.35. The Labute approximate surface area is 172 Å². The van der Waals surface area contributed by atoms with Crippen molar-refractivity contribution in [1.29, 1.82) is 5.26 Å². The van der Waals surface area contributed by atoms with E-state index in [2.05, 4.69) is 34.6 Å². The van der Waals surface area contributed by atoms with Crippen LogP contribution in [0.1, 0.15) is 54.4 Å². The van der Waals surface area contributed by atoms with E-state index in [0.29, 0.717) is 29.5 Å². The standard InChI is InChI=1S/C25H27N3O/c26-14-21-8-4-5-9-22(21)23-16-27-17-24(23)25(29)28-15-18-10-12-20(13-11-18)19-6-2-1-3-7-19/h2,4-9,16-18,20,27H,1,3,10-13,15H2,(H,28,29). The predicted octanol–water partition coefficient (Wildman–Crippen LogP) is 5.37. The summed E-state index contributed by atoms with van der Waals surface area (Å²) >= 11 is 0. The zero-order valence-electron chi connectivity index (χ0n) is 16.7. The molecule has 4 heteroatoms. The molecule has 2 aliphatic carbocycles. The molecule has 148 valence electrons. The number of hydrogen-bond donors (Lipinski definition) is 2. The third-order valence-electron chi connectivity index (χ3n) is 6.22. The number of nitriles is 1. The number of aromatic amines is 1. The number of amides is 1. The van der Waals surface area contributed by atoms with Gasteiger partial charge in [-0.3, -0.25) is 4.79 Å². The molecule has 2 N–H and O–H groups in total. The molecule has 2 aliphatic rings. The first kappa shape index (κ1) is 19.3. The minimum absolute atomic E-state index is 0.0750. The molecule has 0 radical (unpaired) electrons. The van der Waals surface area contributed by atoms with E-state index in [-0.39, 0.29) is 5.91 Å². The topological polar surface area (TPSA) is 68.7 Å². The van der Waals surface area contributed by atoms with Crippen molar-refractivity contribution in [3.05, 3.63) is 71.6 Å². The van der Waals surface area contributed by atoms with E-state index in [0.717, 1.165) is 24.0 Å². The molecule has 1 aromatic heterocycles. The van der Waals surface area contributed by atoms with Crippen LogP contribution in [0, 0.1) is 23.2 Å². The highest BCUT2D eigenvalue weighted by Crippen LogP contribution is 2.35. The van der Waals surface area contributed by atoms with Crippen molar-refractivity contribution in [2.75, 3.05) is 6.54 Å². The van der Waals surface area contributed by atoms with Crippen LogP contribution in [0.5, 0.6) is 0 Å². The Hall–Kier alpha value is -3.06. The summed E-state index contributed by atoms with van der Waals surface area (Å²) in [6, 6.07) is 9.60. The molecule has 1 amide bonds. The normalized spacial score (nSPS) is 21.3. The van der Waals surface area contributed by atoms with Crippen molar-refractivity contribution < 1.29 is 4.79 Å². The Kier molecular flexibility index (Phi) is 5.95. The van der Waals surface area contributed by atoms with Crippen molar-refractivity contribution >= 4 is 5.91 Å². The number of rotatable bonds is 5. The third-order valence-corrected chi connectivity index (χ3v) is 6.22. The largest absolute Gasteiger partial charge is 0.366 e. The molecule has 1 fully saturated rings. The van der Waals surface area contributed by atoms with Gasteiger partial charge >= 0.3 is 0 Å². The maximum atomic E-state index is 12.8. The zero-order valence-corrected chi connectivity index (χ0v) is 16.7. The van der Waals surface area contributed by atoms with Crippen molar-refractivity contribution in [3.63, 3.8) is 0 Å². The van der Waals surface area contributed by atoms with Gasteiger partial charge in [-0.1, -0.05) is 36.4 Å². The van der Waals surface area contributed by atoms with Crippen LogP contribution in [0.3, 0.4) is 0 Å². The molecule has 1 saturated carbocycles. The maximum absolute atomic E-state index is 12.8. The molecule has 1 heterocycles. The first-order valence-corrected chi connectivity index (χ1v) is 10.6. The lowest BCUT2D eigenvalue weighted by atomic mass is 9.77. The molecule has 0 atom stereocenters. The molecule has 0 saturated heterocycles. The van der Waals surface area contributed by atoms with E-state index in [1.807, 2.05) is 18.2 Å². The minimum atomic E-state index is -0.0750. The Morgan fingerprint density at radius 1 is 1.10 bits per heavy atom. The lowest BCUT2D eigenvalue weighted by molar-refractivity contribution is 0.0943. The van der Waals surface area contributed by atoms with Crippen LogP contribution < -0.4 is 5.32 Å². The molecule has 29 heavy (non-hydrogen) atoms. The summed E-state index contributed by atoms with van der Waals surface area (Å²) in [6.45, 7) is 0.713. The molecular weight excluding hydrogens is 358 g/mol. The van der Waals surface area contributed by atoms with Crippen molar-refractivity contribution in [3.8, 4) is 17.2 Å². The molecular formula is C25H27N3O. The van der Waals surface area contributed by atoms with E-state index in [1.54, 1.807) is 18.5 Å². The summed E-state index contributed by atoms with van der Waals surface area (Å²) in [5, 5.41) is 12.5. The first-order chi connectivity index (χ1) is 14.3. The van der Waals surface area contributed by atoms with E-state index in [4.69, 9.17) is 0 Å². The highest BCUT2D eigenvalue weighted by Gasteiger charge is 2.24. The van der Waals surface area contributed by atoms with E-state index >= 15 is 0 Å². The number of carbonyl (C=O) groups excluding carboxylic acids is 1. The molecule has 1 aromatic carbocycles. The van der Waals surface area contributed by atoms with Gasteiger partial charge in [0.25, 0.3) is 5.91 Å². The second kappa shape index (κ2) is 8.96. The molecule has 0 spiro atoms. The molecule has 4 nitrogen and oxygen atoms in total. The van der Waals surface area contributed by atoms with Crippen LogP contribution >= 0.6 is 0 Å². The van der Waals surface area contributed by atoms with Gasteiger partial charge in [0, 0.05) is 30.1 Å². The lowest BCUT2D eigenvalue weighted by Crippen LogP contribution is -2.31. The molecule has 2 aromatic rings. The molecule has 0 unspecified atom stereocenters. The summed E-state index contributed by atoms with van der Waals surface area (Å²) in [6.07, 6.45) is 17.6. The van der Waals surface area contributed by atoms with Crippen LogP contribution in [0.15, 0.2) is 60.5 Å². The lowest BCUT2D eigenvalue weighted by Gasteiger charge is -2.30. The Morgan fingerprint density at radius 3 is 2.69 bits per heavy atom. The number of hydrogen-bond acceptors (Lipinski definition) is 2.